The summed E-state index contributed by atoms with van der Waals surface area (Å²) in [6.45, 7) is 9.84. The van der Waals surface area contributed by atoms with Crippen LogP contribution >= 0.6 is 0 Å². The fourth-order valence-electron chi connectivity index (χ4n) is 3.70. The van der Waals surface area contributed by atoms with E-state index < -0.39 is 11.9 Å². The van der Waals surface area contributed by atoms with Gasteiger partial charge in [-0.15, -0.1) is 0 Å². The van der Waals surface area contributed by atoms with Crippen LogP contribution in [0, 0.1) is 0 Å². The van der Waals surface area contributed by atoms with Gasteiger partial charge in [0.25, 0.3) is 0 Å². The molecule has 7 heteroatoms. The Morgan fingerprint density at radius 3 is 1.91 bits per heavy atom. The highest BCUT2D eigenvalue weighted by molar-refractivity contribution is 5.89. The standard InChI is InChI=1S/C22H31NO2.C4H4O4/c1-16(2)23(17(3)4)13-12-20(19-8-6-5-7-9-19)21-14-18(15-24)10-11-22(21)25;5-3(6)1-2-4(7)8/h5-11,14,16-17,20,24-25H,12-13,15H2,1-4H3;1-2H,(H,5,6)(H,7,8)/b;2-1+. The van der Waals surface area contributed by atoms with Crippen LogP contribution in [0.1, 0.15) is 56.7 Å². The molecule has 0 saturated carbocycles. The molecule has 0 aliphatic rings. The number of carboxylic acid groups (broad SMARTS) is 2. The van der Waals surface area contributed by atoms with Crippen molar-refractivity contribution in [2.24, 2.45) is 0 Å². The molecule has 0 heterocycles. The van der Waals surface area contributed by atoms with Crippen molar-refractivity contribution in [3.63, 3.8) is 0 Å². The van der Waals surface area contributed by atoms with Gasteiger partial charge in [-0.2, -0.15) is 0 Å². The topological polar surface area (TPSA) is 118 Å². The molecule has 1 unspecified atom stereocenters. The van der Waals surface area contributed by atoms with Gasteiger partial charge in [0.2, 0.25) is 0 Å². The highest BCUT2D eigenvalue weighted by Crippen LogP contribution is 2.35. The molecule has 2 aromatic rings. The van der Waals surface area contributed by atoms with Crippen molar-refractivity contribution in [3.05, 3.63) is 77.4 Å². The molecule has 2 aromatic carbocycles. The Bertz CT molecular complexity index is 884. The van der Waals surface area contributed by atoms with Gasteiger partial charge in [0, 0.05) is 35.7 Å². The third-order valence-electron chi connectivity index (χ3n) is 5.22. The van der Waals surface area contributed by atoms with E-state index in [1.165, 1.54) is 5.56 Å². The Balaban J connectivity index is 0.000000582. The molecule has 33 heavy (non-hydrogen) atoms. The highest BCUT2D eigenvalue weighted by atomic mass is 16.4. The highest BCUT2D eigenvalue weighted by Gasteiger charge is 2.21. The van der Waals surface area contributed by atoms with E-state index >= 15 is 0 Å². The first kappa shape index (κ1) is 27.9. The second-order valence-corrected chi connectivity index (χ2v) is 8.24. The van der Waals surface area contributed by atoms with Crippen LogP contribution in [0.25, 0.3) is 0 Å². The first-order valence-electron chi connectivity index (χ1n) is 10.9. The van der Waals surface area contributed by atoms with Gasteiger partial charge in [-0.25, -0.2) is 9.59 Å². The summed E-state index contributed by atoms with van der Waals surface area (Å²) in [4.78, 5) is 21.6. The fraction of sp³-hybridized carbons (Fsp3) is 0.385. The van der Waals surface area contributed by atoms with Gasteiger partial charge >= 0.3 is 11.9 Å². The molecule has 4 N–H and O–H groups in total. The summed E-state index contributed by atoms with van der Waals surface area (Å²) in [6.07, 6.45) is 2.04. The maximum absolute atomic E-state index is 10.5. The number of nitrogens with zero attached hydrogens (tertiary/aromatic N) is 1. The van der Waals surface area contributed by atoms with Gasteiger partial charge in [-0.1, -0.05) is 36.4 Å². The third kappa shape index (κ3) is 9.89. The van der Waals surface area contributed by atoms with E-state index in [9.17, 15) is 19.8 Å². The SMILES string of the molecule is CC(C)N(CCC(c1ccccc1)c1cc(CO)ccc1O)C(C)C.O=C(O)/C=C/C(=O)O. The van der Waals surface area contributed by atoms with Crippen LogP contribution in [0.4, 0.5) is 0 Å². The summed E-state index contributed by atoms with van der Waals surface area (Å²) in [6, 6.07) is 16.7. The lowest BCUT2D eigenvalue weighted by Gasteiger charge is -2.32. The van der Waals surface area contributed by atoms with Crippen molar-refractivity contribution < 1.29 is 30.0 Å². The van der Waals surface area contributed by atoms with Crippen molar-refractivity contribution in [3.8, 4) is 5.75 Å². The molecule has 0 saturated heterocycles. The van der Waals surface area contributed by atoms with Crippen molar-refractivity contribution >= 4 is 11.9 Å². The summed E-state index contributed by atoms with van der Waals surface area (Å²) in [7, 11) is 0. The van der Waals surface area contributed by atoms with Crippen LogP contribution in [0.2, 0.25) is 0 Å². The zero-order valence-corrected chi connectivity index (χ0v) is 19.7. The summed E-state index contributed by atoms with van der Waals surface area (Å²) in [5, 5.41) is 35.6. The lowest BCUT2D eigenvalue weighted by Crippen LogP contribution is -2.38. The van der Waals surface area contributed by atoms with Crippen molar-refractivity contribution in [2.75, 3.05) is 6.54 Å². The van der Waals surface area contributed by atoms with E-state index in [1.807, 2.05) is 24.3 Å². The number of phenolic OH excluding ortho intramolecular Hbond substituents is 1. The number of carboxylic acids is 2. The first-order chi connectivity index (χ1) is 15.6. The van der Waals surface area contributed by atoms with Gasteiger partial charge in [-0.05, 0) is 63.9 Å². The maximum Gasteiger partial charge on any atom is 0.328 e. The van der Waals surface area contributed by atoms with Crippen LogP contribution in [0.5, 0.6) is 5.75 Å². The lowest BCUT2D eigenvalue weighted by atomic mass is 9.86. The molecule has 0 fully saturated rings. The molecule has 0 amide bonds. The van der Waals surface area contributed by atoms with Crippen molar-refractivity contribution in [1.82, 2.24) is 4.90 Å². The summed E-state index contributed by atoms with van der Waals surface area (Å²) < 4.78 is 0. The average molecular weight is 458 g/mol. The summed E-state index contributed by atoms with van der Waals surface area (Å²) in [5.41, 5.74) is 2.92. The minimum absolute atomic E-state index is 0.0150. The number of aromatic hydroxyl groups is 1. The second kappa shape index (κ2) is 14.1. The molecule has 180 valence electrons. The Kier molecular flexibility index (Phi) is 11.9. The molecule has 0 radical (unpaired) electrons. The molecule has 0 bridgehead atoms. The van der Waals surface area contributed by atoms with Gasteiger partial charge in [0.1, 0.15) is 5.75 Å². The zero-order valence-electron chi connectivity index (χ0n) is 19.7. The minimum atomic E-state index is -1.26. The van der Waals surface area contributed by atoms with Gasteiger partial charge in [0.05, 0.1) is 6.61 Å². The number of aliphatic hydroxyl groups excluding tert-OH is 1. The minimum Gasteiger partial charge on any atom is -0.508 e. The maximum atomic E-state index is 10.5. The van der Waals surface area contributed by atoms with Gasteiger partial charge in [-0.3, -0.25) is 4.90 Å². The zero-order chi connectivity index (χ0) is 25.0. The number of phenols is 1. The molecule has 0 aliphatic carbocycles. The molecule has 0 aromatic heterocycles. The molecular weight excluding hydrogens is 422 g/mol. The summed E-state index contributed by atoms with van der Waals surface area (Å²) >= 11 is 0. The number of hydrogen-bond acceptors (Lipinski definition) is 5. The number of rotatable bonds is 10. The predicted octanol–water partition coefficient (Wildman–Crippen LogP) is 4.24. The number of hydrogen-bond donors (Lipinski definition) is 4. The van der Waals surface area contributed by atoms with Gasteiger partial charge < -0.3 is 20.4 Å². The molecular formula is C26H35NO6. The Morgan fingerprint density at radius 2 is 1.45 bits per heavy atom. The van der Waals surface area contributed by atoms with Crippen LogP contribution in [-0.2, 0) is 16.2 Å². The van der Waals surface area contributed by atoms with E-state index in [0.29, 0.717) is 30.0 Å². The van der Waals surface area contributed by atoms with Crippen LogP contribution in [-0.4, -0.2) is 55.9 Å². The molecule has 7 nitrogen and oxygen atoms in total. The largest absolute Gasteiger partial charge is 0.508 e. The quantitative estimate of drug-likeness (QED) is 0.394. The molecule has 1 atom stereocenters. The van der Waals surface area contributed by atoms with Crippen molar-refractivity contribution in [2.45, 2.75) is 58.7 Å². The van der Waals surface area contributed by atoms with E-state index in [0.717, 1.165) is 24.1 Å². The van der Waals surface area contributed by atoms with Crippen LogP contribution < -0.4 is 0 Å². The number of aliphatic carboxylic acids is 2. The molecule has 0 spiro atoms. The normalized spacial score (nSPS) is 12.1. The van der Waals surface area contributed by atoms with Crippen molar-refractivity contribution in [1.29, 1.82) is 0 Å². The lowest BCUT2D eigenvalue weighted by molar-refractivity contribution is -0.134. The van der Waals surface area contributed by atoms with Crippen LogP contribution in [0.3, 0.4) is 0 Å². The number of aliphatic hydroxyl groups is 1. The monoisotopic (exact) mass is 457 g/mol. The van der Waals surface area contributed by atoms with E-state index in [-0.39, 0.29) is 12.5 Å². The van der Waals surface area contributed by atoms with E-state index in [4.69, 9.17) is 10.2 Å². The van der Waals surface area contributed by atoms with E-state index in [2.05, 4.69) is 44.7 Å². The average Bonchev–Trinajstić information content (AvgIpc) is 2.76. The Morgan fingerprint density at radius 1 is 0.909 bits per heavy atom. The first-order valence-corrected chi connectivity index (χ1v) is 10.9. The number of carbonyl (C=O) groups is 2. The smallest absolute Gasteiger partial charge is 0.328 e. The molecule has 2 rings (SSSR count). The van der Waals surface area contributed by atoms with Gasteiger partial charge in [0.15, 0.2) is 0 Å². The molecule has 0 aliphatic heterocycles. The summed E-state index contributed by atoms with van der Waals surface area (Å²) in [5.74, 6) is -2.11. The fourth-order valence-corrected chi connectivity index (χ4v) is 3.70. The Hall–Kier alpha value is -3.16. The van der Waals surface area contributed by atoms with Crippen LogP contribution in [0.15, 0.2) is 60.7 Å². The Labute approximate surface area is 195 Å². The third-order valence-corrected chi connectivity index (χ3v) is 5.22. The number of benzene rings is 2. The van der Waals surface area contributed by atoms with E-state index in [1.54, 1.807) is 12.1 Å². The second-order valence-electron chi connectivity index (χ2n) is 8.24. The predicted molar refractivity (Wildman–Crippen MR) is 128 cm³/mol.